The summed E-state index contributed by atoms with van der Waals surface area (Å²) in [6.07, 6.45) is 2.55. The lowest BCUT2D eigenvalue weighted by Crippen LogP contribution is -2.22. The standard InChI is InChI=1S/C15H25NO/c1-13(2)12-16-11-7-8-14(3)17-15-9-5-4-6-10-15/h4-6,9-10,13-14,16H,7-8,11-12H2,1-3H3. The molecular formula is C15H25NO. The molecular weight excluding hydrogens is 210 g/mol. The van der Waals surface area contributed by atoms with Crippen molar-refractivity contribution in [3.63, 3.8) is 0 Å². The van der Waals surface area contributed by atoms with Crippen molar-refractivity contribution in [1.29, 1.82) is 0 Å². The Hall–Kier alpha value is -1.02. The van der Waals surface area contributed by atoms with Crippen molar-refractivity contribution in [1.82, 2.24) is 5.32 Å². The number of nitrogens with one attached hydrogen (secondary N) is 1. The van der Waals surface area contributed by atoms with Crippen molar-refractivity contribution in [3.8, 4) is 5.75 Å². The average molecular weight is 235 g/mol. The normalized spacial score (nSPS) is 12.7. The Bertz CT molecular complexity index is 284. The van der Waals surface area contributed by atoms with E-state index in [1.807, 2.05) is 30.3 Å². The van der Waals surface area contributed by atoms with Crippen LogP contribution in [0, 0.1) is 5.92 Å². The summed E-state index contributed by atoms with van der Waals surface area (Å²) in [7, 11) is 0. The maximum atomic E-state index is 5.81. The molecule has 17 heavy (non-hydrogen) atoms. The Kier molecular flexibility index (Phi) is 6.71. The average Bonchev–Trinajstić information content (AvgIpc) is 2.29. The van der Waals surface area contributed by atoms with Crippen molar-refractivity contribution in [3.05, 3.63) is 30.3 Å². The molecule has 0 saturated carbocycles. The van der Waals surface area contributed by atoms with Gasteiger partial charge in [0.2, 0.25) is 0 Å². The summed E-state index contributed by atoms with van der Waals surface area (Å²) in [5.41, 5.74) is 0. The number of benzene rings is 1. The van der Waals surface area contributed by atoms with E-state index in [-0.39, 0.29) is 0 Å². The van der Waals surface area contributed by atoms with E-state index in [9.17, 15) is 0 Å². The van der Waals surface area contributed by atoms with Crippen molar-refractivity contribution >= 4 is 0 Å². The first-order valence-electron chi connectivity index (χ1n) is 6.61. The SMILES string of the molecule is CC(C)CNCCCC(C)Oc1ccccc1. The fourth-order valence-corrected chi connectivity index (χ4v) is 1.70. The van der Waals surface area contributed by atoms with Gasteiger partial charge in [-0.05, 0) is 50.9 Å². The Labute approximate surface area is 105 Å². The van der Waals surface area contributed by atoms with Gasteiger partial charge in [0.1, 0.15) is 5.75 Å². The highest BCUT2D eigenvalue weighted by Gasteiger charge is 2.03. The van der Waals surface area contributed by atoms with E-state index in [1.54, 1.807) is 0 Å². The molecule has 1 unspecified atom stereocenters. The highest BCUT2D eigenvalue weighted by molar-refractivity contribution is 5.21. The van der Waals surface area contributed by atoms with E-state index in [4.69, 9.17) is 4.74 Å². The minimum atomic E-state index is 0.290. The number of hydrogen-bond acceptors (Lipinski definition) is 2. The van der Waals surface area contributed by atoms with Gasteiger partial charge in [0.25, 0.3) is 0 Å². The topological polar surface area (TPSA) is 21.3 Å². The predicted octanol–water partition coefficient (Wildman–Crippen LogP) is 3.48. The summed E-state index contributed by atoms with van der Waals surface area (Å²) in [5, 5.41) is 3.45. The zero-order chi connectivity index (χ0) is 12.5. The molecule has 1 aromatic rings. The highest BCUT2D eigenvalue weighted by atomic mass is 16.5. The van der Waals surface area contributed by atoms with Gasteiger partial charge in [-0.15, -0.1) is 0 Å². The van der Waals surface area contributed by atoms with E-state index in [2.05, 4.69) is 26.1 Å². The number of para-hydroxylation sites is 1. The van der Waals surface area contributed by atoms with Crippen molar-refractivity contribution in [2.75, 3.05) is 13.1 Å². The van der Waals surface area contributed by atoms with Gasteiger partial charge in [-0.3, -0.25) is 0 Å². The summed E-state index contributed by atoms with van der Waals surface area (Å²) < 4.78 is 5.81. The van der Waals surface area contributed by atoms with Crippen LogP contribution >= 0.6 is 0 Å². The number of rotatable bonds is 8. The monoisotopic (exact) mass is 235 g/mol. The van der Waals surface area contributed by atoms with E-state index < -0.39 is 0 Å². The second-order valence-corrected chi connectivity index (χ2v) is 4.98. The molecule has 0 spiro atoms. The summed E-state index contributed by atoms with van der Waals surface area (Å²) in [4.78, 5) is 0. The first kappa shape index (κ1) is 14.0. The molecule has 2 heteroatoms. The molecule has 0 bridgehead atoms. The van der Waals surface area contributed by atoms with E-state index in [1.165, 1.54) is 6.42 Å². The second-order valence-electron chi connectivity index (χ2n) is 4.98. The van der Waals surface area contributed by atoms with Gasteiger partial charge in [0.15, 0.2) is 0 Å². The van der Waals surface area contributed by atoms with E-state index >= 15 is 0 Å². The van der Waals surface area contributed by atoms with Crippen LogP contribution in [-0.4, -0.2) is 19.2 Å². The van der Waals surface area contributed by atoms with Crippen LogP contribution in [0.5, 0.6) is 5.75 Å². The minimum absolute atomic E-state index is 0.290. The van der Waals surface area contributed by atoms with Gasteiger partial charge in [-0.2, -0.15) is 0 Å². The summed E-state index contributed by atoms with van der Waals surface area (Å²) >= 11 is 0. The zero-order valence-corrected chi connectivity index (χ0v) is 11.3. The Morgan fingerprint density at radius 1 is 1.12 bits per heavy atom. The summed E-state index contributed by atoms with van der Waals surface area (Å²) in [6.45, 7) is 8.78. The van der Waals surface area contributed by atoms with Crippen LogP contribution in [0.15, 0.2) is 30.3 Å². The molecule has 1 atom stereocenters. The fourth-order valence-electron chi connectivity index (χ4n) is 1.70. The van der Waals surface area contributed by atoms with Gasteiger partial charge < -0.3 is 10.1 Å². The molecule has 0 radical (unpaired) electrons. The molecule has 0 amide bonds. The van der Waals surface area contributed by atoms with Gasteiger partial charge >= 0.3 is 0 Å². The summed E-state index contributed by atoms with van der Waals surface area (Å²) in [5.74, 6) is 1.70. The third kappa shape index (κ3) is 7.01. The molecule has 1 N–H and O–H groups in total. The quantitative estimate of drug-likeness (QED) is 0.697. The van der Waals surface area contributed by atoms with E-state index in [0.717, 1.165) is 31.2 Å². The highest BCUT2D eigenvalue weighted by Crippen LogP contribution is 2.12. The molecule has 0 aliphatic rings. The maximum Gasteiger partial charge on any atom is 0.119 e. The molecule has 96 valence electrons. The van der Waals surface area contributed by atoms with Crippen LogP contribution in [0.1, 0.15) is 33.6 Å². The minimum Gasteiger partial charge on any atom is -0.491 e. The second kappa shape index (κ2) is 8.13. The molecule has 0 heterocycles. The largest absolute Gasteiger partial charge is 0.491 e. The lowest BCUT2D eigenvalue weighted by atomic mass is 10.2. The first-order chi connectivity index (χ1) is 8.18. The van der Waals surface area contributed by atoms with Gasteiger partial charge in [-0.1, -0.05) is 32.0 Å². The lowest BCUT2D eigenvalue weighted by molar-refractivity contribution is 0.207. The molecule has 2 nitrogen and oxygen atoms in total. The van der Waals surface area contributed by atoms with Gasteiger partial charge in [0.05, 0.1) is 6.10 Å². The molecule has 0 aliphatic carbocycles. The molecule has 0 fully saturated rings. The third-order valence-corrected chi connectivity index (χ3v) is 2.60. The molecule has 0 aromatic heterocycles. The molecule has 0 saturated heterocycles. The number of ether oxygens (including phenoxy) is 1. The smallest absolute Gasteiger partial charge is 0.119 e. The number of hydrogen-bond donors (Lipinski definition) is 1. The third-order valence-electron chi connectivity index (χ3n) is 2.60. The van der Waals surface area contributed by atoms with Crippen LogP contribution in [0.25, 0.3) is 0 Å². The predicted molar refractivity (Wildman–Crippen MR) is 73.5 cm³/mol. The van der Waals surface area contributed by atoms with Crippen molar-refractivity contribution in [2.45, 2.75) is 39.7 Å². The Morgan fingerprint density at radius 3 is 2.47 bits per heavy atom. The molecule has 1 aromatic carbocycles. The van der Waals surface area contributed by atoms with Gasteiger partial charge in [0, 0.05) is 0 Å². The Balaban J connectivity index is 2.07. The van der Waals surface area contributed by atoms with Crippen LogP contribution < -0.4 is 10.1 Å². The van der Waals surface area contributed by atoms with Crippen LogP contribution in [0.2, 0.25) is 0 Å². The van der Waals surface area contributed by atoms with Crippen LogP contribution in [0.4, 0.5) is 0 Å². The van der Waals surface area contributed by atoms with Crippen LogP contribution in [0.3, 0.4) is 0 Å². The Morgan fingerprint density at radius 2 is 1.82 bits per heavy atom. The maximum absolute atomic E-state index is 5.81. The zero-order valence-electron chi connectivity index (χ0n) is 11.3. The van der Waals surface area contributed by atoms with Crippen molar-refractivity contribution in [2.24, 2.45) is 5.92 Å². The van der Waals surface area contributed by atoms with Crippen molar-refractivity contribution < 1.29 is 4.74 Å². The molecule has 1 rings (SSSR count). The fraction of sp³-hybridized carbons (Fsp3) is 0.600. The first-order valence-corrected chi connectivity index (χ1v) is 6.61. The van der Waals surface area contributed by atoms with Crippen LogP contribution in [-0.2, 0) is 0 Å². The lowest BCUT2D eigenvalue weighted by Gasteiger charge is -2.15. The molecule has 0 aliphatic heterocycles. The van der Waals surface area contributed by atoms with Gasteiger partial charge in [-0.25, -0.2) is 0 Å². The van der Waals surface area contributed by atoms with E-state index in [0.29, 0.717) is 6.10 Å². The summed E-state index contributed by atoms with van der Waals surface area (Å²) in [6, 6.07) is 10.0.